The average Bonchev–Trinajstić information content (AvgIpc) is 2.95. The van der Waals surface area contributed by atoms with E-state index in [4.69, 9.17) is 0 Å². The van der Waals surface area contributed by atoms with E-state index in [1.165, 1.54) is 11.3 Å². The molecule has 94 valence electrons. The molecule has 1 aromatic heterocycles. The van der Waals surface area contributed by atoms with Gasteiger partial charge >= 0.3 is 0 Å². The summed E-state index contributed by atoms with van der Waals surface area (Å²) in [6.45, 7) is 0.648. The van der Waals surface area contributed by atoms with E-state index in [2.05, 4.69) is 10.6 Å². The van der Waals surface area contributed by atoms with Crippen molar-refractivity contribution in [3.8, 4) is 0 Å². The van der Waals surface area contributed by atoms with E-state index < -0.39 is 12.2 Å². The van der Waals surface area contributed by atoms with Gasteiger partial charge in [0.1, 0.15) is 0 Å². The Morgan fingerprint density at radius 3 is 3.12 bits per heavy atom. The van der Waals surface area contributed by atoms with Crippen LogP contribution in [0, 0.1) is 0 Å². The first-order chi connectivity index (χ1) is 8.16. The van der Waals surface area contributed by atoms with Crippen LogP contribution in [0.3, 0.4) is 0 Å². The minimum absolute atomic E-state index is 0.171. The highest BCUT2D eigenvalue weighted by atomic mass is 32.1. The first kappa shape index (κ1) is 12.5. The van der Waals surface area contributed by atoms with Gasteiger partial charge in [-0.3, -0.25) is 4.79 Å². The zero-order valence-electron chi connectivity index (χ0n) is 9.30. The lowest BCUT2D eigenvalue weighted by atomic mass is 10.1. The molecule has 0 radical (unpaired) electrons. The van der Waals surface area contributed by atoms with E-state index in [9.17, 15) is 15.0 Å². The van der Waals surface area contributed by atoms with Gasteiger partial charge in [0.15, 0.2) is 0 Å². The van der Waals surface area contributed by atoms with Crippen LogP contribution in [0.4, 0.5) is 0 Å². The molecule has 1 aliphatic heterocycles. The molecule has 1 aliphatic rings. The van der Waals surface area contributed by atoms with Crippen LogP contribution in [-0.2, 0) is 4.79 Å². The first-order valence-corrected chi connectivity index (χ1v) is 6.50. The first-order valence-electron chi connectivity index (χ1n) is 5.56. The molecule has 0 aliphatic carbocycles. The van der Waals surface area contributed by atoms with Crippen molar-refractivity contribution in [3.05, 3.63) is 22.4 Å². The maximum absolute atomic E-state index is 11.7. The molecule has 1 aromatic rings. The molecule has 0 aromatic carbocycles. The summed E-state index contributed by atoms with van der Waals surface area (Å²) in [6.07, 6.45) is -0.690. The quantitative estimate of drug-likeness (QED) is 0.592. The summed E-state index contributed by atoms with van der Waals surface area (Å²) >= 11 is 1.51. The monoisotopic (exact) mass is 256 g/mol. The summed E-state index contributed by atoms with van der Waals surface area (Å²) in [7, 11) is 0. The number of hydrogen-bond acceptors (Lipinski definition) is 5. The van der Waals surface area contributed by atoms with E-state index in [-0.39, 0.29) is 18.5 Å². The fourth-order valence-electron chi connectivity index (χ4n) is 1.82. The normalized spacial score (nSPS) is 25.8. The summed E-state index contributed by atoms with van der Waals surface area (Å²) in [4.78, 5) is 11.7. The Labute approximate surface area is 103 Å². The molecule has 3 atom stereocenters. The lowest BCUT2D eigenvalue weighted by Gasteiger charge is -2.14. The Kier molecular flexibility index (Phi) is 4.11. The Balaban J connectivity index is 1.76. The minimum Gasteiger partial charge on any atom is -0.392 e. The fourth-order valence-corrected chi connectivity index (χ4v) is 2.53. The molecule has 2 heterocycles. The van der Waals surface area contributed by atoms with Gasteiger partial charge in [0, 0.05) is 13.1 Å². The van der Waals surface area contributed by atoms with Crippen molar-refractivity contribution in [2.24, 2.45) is 0 Å². The molecule has 1 fully saturated rings. The maximum atomic E-state index is 11.7. The van der Waals surface area contributed by atoms with Gasteiger partial charge in [-0.2, -0.15) is 11.3 Å². The van der Waals surface area contributed by atoms with Crippen molar-refractivity contribution < 1.29 is 15.0 Å². The SMILES string of the molecule is O=C(NCC(O)c1ccsc1)C1CC(O)CN1. The highest BCUT2D eigenvalue weighted by molar-refractivity contribution is 7.07. The molecular weight excluding hydrogens is 240 g/mol. The van der Waals surface area contributed by atoms with Gasteiger partial charge < -0.3 is 20.8 Å². The third-order valence-corrected chi connectivity index (χ3v) is 3.52. The number of thiophene rings is 1. The predicted octanol–water partition coefficient (Wildman–Crippen LogP) is -0.380. The largest absolute Gasteiger partial charge is 0.392 e. The fraction of sp³-hybridized carbons (Fsp3) is 0.545. The number of rotatable bonds is 4. The lowest BCUT2D eigenvalue weighted by Crippen LogP contribution is -2.41. The van der Waals surface area contributed by atoms with Crippen molar-refractivity contribution in [2.45, 2.75) is 24.7 Å². The summed E-state index contributed by atoms with van der Waals surface area (Å²) < 4.78 is 0. The number of aliphatic hydroxyl groups excluding tert-OH is 2. The van der Waals surface area contributed by atoms with Crippen LogP contribution in [0.2, 0.25) is 0 Å². The molecule has 1 amide bonds. The number of nitrogens with one attached hydrogen (secondary N) is 2. The number of hydrogen-bond donors (Lipinski definition) is 4. The average molecular weight is 256 g/mol. The van der Waals surface area contributed by atoms with E-state index >= 15 is 0 Å². The van der Waals surface area contributed by atoms with Gasteiger partial charge in [0.05, 0.1) is 18.2 Å². The van der Waals surface area contributed by atoms with E-state index in [0.717, 1.165) is 5.56 Å². The summed E-state index contributed by atoms with van der Waals surface area (Å²) in [5, 5.41) is 28.4. The van der Waals surface area contributed by atoms with Crippen LogP contribution in [0.5, 0.6) is 0 Å². The van der Waals surface area contributed by atoms with Crippen LogP contribution in [0.15, 0.2) is 16.8 Å². The lowest BCUT2D eigenvalue weighted by molar-refractivity contribution is -0.123. The summed E-state index contributed by atoms with van der Waals surface area (Å²) in [6, 6.07) is 1.48. The second-order valence-corrected chi connectivity index (χ2v) is 4.95. The van der Waals surface area contributed by atoms with Crippen LogP contribution in [-0.4, -0.2) is 41.4 Å². The van der Waals surface area contributed by atoms with Crippen molar-refractivity contribution in [2.75, 3.05) is 13.1 Å². The molecule has 2 rings (SSSR count). The van der Waals surface area contributed by atoms with Gasteiger partial charge in [0.2, 0.25) is 5.91 Å². The molecule has 0 saturated carbocycles. The second-order valence-electron chi connectivity index (χ2n) is 4.17. The zero-order chi connectivity index (χ0) is 12.3. The molecule has 1 saturated heterocycles. The number of carbonyl (C=O) groups is 1. The van der Waals surface area contributed by atoms with E-state index in [0.29, 0.717) is 13.0 Å². The molecule has 17 heavy (non-hydrogen) atoms. The molecule has 0 bridgehead atoms. The van der Waals surface area contributed by atoms with Crippen molar-refractivity contribution in [1.29, 1.82) is 0 Å². The van der Waals surface area contributed by atoms with Gasteiger partial charge in [-0.1, -0.05) is 0 Å². The molecule has 0 spiro atoms. The molecule has 6 heteroatoms. The smallest absolute Gasteiger partial charge is 0.237 e. The molecule has 5 nitrogen and oxygen atoms in total. The van der Waals surface area contributed by atoms with Crippen LogP contribution in [0.1, 0.15) is 18.1 Å². The number of carbonyl (C=O) groups excluding carboxylic acids is 1. The zero-order valence-corrected chi connectivity index (χ0v) is 10.1. The van der Waals surface area contributed by atoms with Gasteiger partial charge in [-0.05, 0) is 28.8 Å². The van der Waals surface area contributed by atoms with Crippen LogP contribution in [0.25, 0.3) is 0 Å². The second kappa shape index (κ2) is 5.59. The Morgan fingerprint density at radius 2 is 2.53 bits per heavy atom. The van der Waals surface area contributed by atoms with Crippen molar-refractivity contribution in [3.63, 3.8) is 0 Å². The minimum atomic E-state index is -0.670. The molecule has 3 unspecified atom stereocenters. The van der Waals surface area contributed by atoms with Gasteiger partial charge in [-0.15, -0.1) is 0 Å². The van der Waals surface area contributed by atoms with Gasteiger partial charge in [-0.25, -0.2) is 0 Å². The van der Waals surface area contributed by atoms with Crippen molar-refractivity contribution >= 4 is 17.2 Å². The molecular formula is C11H16N2O3S. The number of amides is 1. The highest BCUT2D eigenvalue weighted by Crippen LogP contribution is 2.15. The van der Waals surface area contributed by atoms with E-state index in [1.807, 2.05) is 16.8 Å². The standard InChI is InChI=1S/C11H16N2O3S/c14-8-3-9(12-4-8)11(16)13-5-10(15)7-1-2-17-6-7/h1-2,6,8-10,12,14-15H,3-5H2,(H,13,16). The van der Waals surface area contributed by atoms with Crippen molar-refractivity contribution in [1.82, 2.24) is 10.6 Å². The highest BCUT2D eigenvalue weighted by Gasteiger charge is 2.28. The third kappa shape index (κ3) is 3.26. The summed E-state index contributed by atoms with van der Waals surface area (Å²) in [5.74, 6) is -0.171. The Hall–Kier alpha value is -0.950. The van der Waals surface area contributed by atoms with Crippen LogP contribution >= 0.6 is 11.3 Å². The topological polar surface area (TPSA) is 81.6 Å². The molecule has 4 N–H and O–H groups in total. The number of β-amino-alcohol motifs (C(OH)–C–C–N with tert-alkyl or cyclic N) is 1. The maximum Gasteiger partial charge on any atom is 0.237 e. The van der Waals surface area contributed by atoms with E-state index in [1.54, 1.807) is 0 Å². The predicted molar refractivity (Wildman–Crippen MR) is 64.7 cm³/mol. The Morgan fingerprint density at radius 1 is 1.71 bits per heavy atom. The Bertz CT molecular complexity index is 369. The van der Waals surface area contributed by atoms with Gasteiger partial charge in [0.25, 0.3) is 0 Å². The summed E-state index contributed by atoms with van der Waals surface area (Å²) in [5.41, 5.74) is 0.815. The number of aliphatic hydroxyl groups is 2. The third-order valence-electron chi connectivity index (χ3n) is 2.82. The van der Waals surface area contributed by atoms with Crippen LogP contribution < -0.4 is 10.6 Å².